The number of nitrogens with one attached hydrogen (secondary N) is 1. The quantitative estimate of drug-likeness (QED) is 0.795. The summed E-state index contributed by atoms with van der Waals surface area (Å²) in [6.07, 6.45) is 6.17. The van der Waals surface area contributed by atoms with Gasteiger partial charge in [-0.15, -0.1) is 11.8 Å². The summed E-state index contributed by atoms with van der Waals surface area (Å²) in [5.41, 5.74) is 1.19. The molecule has 2 aliphatic rings. The van der Waals surface area contributed by atoms with E-state index < -0.39 is 0 Å². The van der Waals surface area contributed by atoms with E-state index in [0.29, 0.717) is 5.04 Å². The van der Waals surface area contributed by atoms with Crippen LogP contribution >= 0.6 is 23.5 Å². The first-order valence-electron chi connectivity index (χ1n) is 7.14. The molecule has 2 nitrogen and oxygen atoms in total. The Kier molecular flexibility index (Phi) is 4.09. The summed E-state index contributed by atoms with van der Waals surface area (Å²) in [6, 6.07) is 12.6. The Morgan fingerprint density at radius 1 is 1.15 bits per heavy atom. The average Bonchev–Trinajstić information content (AvgIpc) is 2.48. The van der Waals surface area contributed by atoms with E-state index >= 15 is 0 Å². The normalized spacial score (nSPS) is 29.1. The lowest BCUT2D eigenvalue weighted by molar-refractivity contribution is 0.488. The van der Waals surface area contributed by atoms with Gasteiger partial charge >= 0.3 is 0 Å². The zero-order valence-electron chi connectivity index (χ0n) is 11.3. The fourth-order valence-electron chi connectivity index (χ4n) is 3.06. The molecule has 1 aliphatic carbocycles. The van der Waals surface area contributed by atoms with Crippen LogP contribution in [0.25, 0.3) is 0 Å². The SMILES string of the molecule is N#C[C@@H]1C(=N)SC2(CCCCC2)S[C@@H]1c1ccccc1. The van der Waals surface area contributed by atoms with Crippen LogP contribution in [0.2, 0.25) is 0 Å². The first-order chi connectivity index (χ1) is 9.74. The lowest BCUT2D eigenvalue weighted by Crippen LogP contribution is -2.35. The first-order valence-corrected chi connectivity index (χ1v) is 8.83. The van der Waals surface area contributed by atoms with Crippen LogP contribution in [-0.2, 0) is 0 Å². The summed E-state index contributed by atoms with van der Waals surface area (Å²) in [5.74, 6) is -0.292. The van der Waals surface area contributed by atoms with Crippen molar-refractivity contribution in [1.82, 2.24) is 0 Å². The molecular formula is C16H18N2S2. The molecule has 1 saturated carbocycles. The van der Waals surface area contributed by atoms with Gasteiger partial charge in [0.2, 0.25) is 0 Å². The van der Waals surface area contributed by atoms with Crippen molar-refractivity contribution < 1.29 is 0 Å². The number of benzene rings is 1. The monoisotopic (exact) mass is 302 g/mol. The molecule has 1 aliphatic heterocycles. The molecule has 1 spiro atoms. The molecule has 4 heteroatoms. The second kappa shape index (κ2) is 5.83. The molecular weight excluding hydrogens is 284 g/mol. The average molecular weight is 302 g/mol. The van der Waals surface area contributed by atoms with Gasteiger partial charge in [0.25, 0.3) is 0 Å². The molecule has 1 saturated heterocycles. The van der Waals surface area contributed by atoms with Crippen LogP contribution < -0.4 is 0 Å². The van der Waals surface area contributed by atoms with Crippen molar-refractivity contribution in [1.29, 1.82) is 10.7 Å². The molecule has 2 atom stereocenters. The molecule has 20 heavy (non-hydrogen) atoms. The van der Waals surface area contributed by atoms with E-state index in [1.165, 1.54) is 37.7 Å². The maximum absolute atomic E-state index is 9.46. The van der Waals surface area contributed by atoms with Crippen LogP contribution in [0.1, 0.15) is 42.9 Å². The lowest BCUT2D eigenvalue weighted by atomic mass is 9.99. The molecule has 104 valence electrons. The second-order valence-electron chi connectivity index (χ2n) is 5.49. The van der Waals surface area contributed by atoms with Crippen molar-refractivity contribution in [2.75, 3.05) is 0 Å². The van der Waals surface area contributed by atoms with Crippen molar-refractivity contribution >= 4 is 28.6 Å². The predicted molar refractivity (Wildman–Crippen MR) is 87.0 cm³/mol. The summed E-state index contributed by atoms with van der Waals surface area (Å²) in [5, 5.41) is 18.5. The topological polar surface area (TPSA) is 47.6 Å². The third kappa shape index (κ3) is 2.62. The Hall–Kier alpha value is -0.920. The zero-order valence-corrected chi connectivity index (χ0v) is 13.0. The van der Waals surface area contributed by atoms with Crippen LogP contribution in [0.3, 0.4) is 0 Å². The van der Waals surface area contributed by atoms with Gasteiger partial charge in [-0.25, -0.2) is 0 Å². The zero-order chi connectivity index (χ0) is 14.0. The van der Waals surface area contributed by atoms with Crippen molar-refractivity contribution in [3.8, 4) is 6.07 Å². The van der Waals surface area contributed by atoms with Gasteiger partial charge in [0, 0.05) is 0 Å². The molecule has 3 rings (SSSR count). The van der Waals surface area contributed by atoms with Crippen LogP contribution in [0.5, 0.6) is 0 Å². The third-order valence-electron chi connectivity index (χ3n) is 4.11. The molecule has 0 aromatic heterocycles. The molecule has 0 amide bonds. The summed E-state index contributed by atoms with van der Waals surface area (Å²) >= 11 is 3.61. The minimum atomic E-state index is -0.292. The number of hydrogen-bond acceptors (Lipinski definition) is 4. The summed E-state index contributed by atoms with van der Waals surface area (Å²) < 4.78 is 0.142. The van der Waals surface area contributed by atoms with Gasteiger partial charge in [0.1, 0.15) is 5.92 Å². The molecule has 0 bridgehead atoms. The summed E-state index contributed by atoms with van der Waals surface area (Å²) in [4.78, 5) is 0. The van der Waals surface area contributed by atoms with E-state index in [-0.39, 0.29) is 15.2 Å². The number of nitrogens with zero attached hydrogens (tertiary/aromatic N) is 1. The highest BCUT2D eigenvalue weighted by atomic mass is 32.2. The van der Waals surface area contributed by atoms with E-state index in [1.807, 2.05) is 30.0 Å². The highest BCUT2D eigenvalue weighted by molar-refractivity contribution is 8.27. The number of hydrogen-bond donors (Lipinski definition) is 1. The predicted octanol–water partition coefficient (Wildman–Crippen LogP) is 4.99. The molecule has 1 aromatic carbocycles. The van der Waals surface area contributed by atoms with Crippen molar-refractivity contribution in [3.05, 3.63) is 35.9 Å². The first kappa shape index (κ1) is 14.0. The van der Waals surface area contributed by atoms with Gasteiger partial charge in [-0.1, -0.05) is 61.4 Å². The maximum atomic E-state index is 9.46. The molecule has 1 aromatic rings. The minimum absolute atomic E-state index is 0.119. The summed E-state index contributed by atoms with van der Waals surface area (Å²) in [6.45, 7) is 0. The van der Waals surface area contributed by atoms with E-state index in [0.717, 1.165) is 0 Å². The minimum Gasteiger partial charge on any atom is -0.297 e. The van der Waals surface area contributed by atoms with Crippen LogP contribution in [-0.4, -0.2) is 9.12 Å². The Bertz CT molecular complexity index is 529. The highest BCUT2D eigenvalue weighted by Crippen LogP contribution is 2.60. The molecule has 1 N–H and O–H groups in total. The summed E-state index contributed by atoms with van der Waals surface area (Å²) in [7, 11) is 0. The number of nitriles is 1. The maximum Gasteiger partial charge on any atom is 0.110 e. The fourth-order valence-corrected chi connectivity index (χ4v) is 6.75. The van der Waals surface area contributed by atoms with Gasteiger partial charge in [-0.3, -0.25) is 5.41 Å². The molecule has 0 unspecified atom stereocenters. The Morgan fingerprint density at radius 3 is 2.50 bits per heavy atom. The van der Waals surface area contributed by atoms with E-state index in [1.54, 1.807) is 11.8 Å². The van der Waals surface area contributed by atoms with Crippen LogP contribution in [0, 0.1) is 22.7 Å². The van der Waals surface area contributed by atoms with Crippen LogP contribution in [0.15, 0.2) is 30.3 Å². The Morgan fingerprint density at radius 2 is 1.85 bits per heavy atom. The van der Waals surface area contributed by atoms with Gasteiger partial charge in [0.05, 0.1) is 20.4 Å². The number of thioether (sulfide) groups is 2. The van der Waals surface area contributed by atoms with E-state index in [4.69, 9.17) is 5.41 Å². The van der Waals surface area contributed by atoms with Gasteiger partial charge < -0.3 is 0 Å². The third-order valence-corrected chi connectivity index (χ3v) is 7.53. The van der Waals surface area contributed by atoms with Crippen LogP contribution in [0.4, 0.5) is 0 Å². The van der Waals surface area contributed by atoms with E-state index in [9.17, 15) is 5.26 Å². The second-order valence-corrected chi connectivity index (χ2v) is 8.70. The van der Waals surface area contributed by atoms with E-state index in [2.05, 4.69) is 18.2 Å². The fraction of sp³-hybridized carbons (Fsp3) is 0.500. The highest BCUT2D eigenvalue weighted by Gasteiger charge is 2.46. The lowest BCUT2D eigenvalue weighted by Gasteiger charge is -2.44. The molecule has 0 radical (unpaired) electrons. The smallest absolute Gasteiger partial charge is 0.110 e. The number of rotatable bonds is 1. The van der Waals surface area contributed by atoms with Crippen molar-refractivity contribution in [2.24, 2.45) is 5.92 Å². The molecule has 1 heterocycles. The largest absolute Gasteiger partial charge is 0.297 e. The van der Waals surface area contributed by atoms with Gasteiger partial charge in [-0.2, -0.15) is 5.26 Å². The Balaban J connectivity index is 1.92. The standard InChI is InChI=1S/C16H18N2S2/c17-11-13-14(12-7-3-1-4-8-12)19-16(20-15(13)18)9-5-2-6-10-16/h1,3-4,7-8,13-14,18H,2,5-6,9-10H2/t13-,14+/m0/s1. The van der Waals surface area contributed by atoms with Crippen molar-refractivity contribution in [2.45, 2.75) is 41.4 Å². The van der Waals surface area contributed by atoms with Gasteiger partial charge in [-0.05, 0) is 18.4 Å². The molecule has 2 fully saturated rings. The van der Waals surface area contributed by atoms with Crippen molar-refractivity contribution in [3.63, 3.8) is 0 Å². The Labute approximate surface area is 128 Å². The van der Waals surface area contributed by atoms with Gasteiger partial charge in [0.15, 0.2) is 0 Å².